The van der Waals surface area contributed by atoms with Gasteiger partial charge >= 0.3 is 0 Å². The Morgan fingerprint density at radius 2 is 1.96 bits per heavy atom. The molecule has 0 unspecified atom stereocenters. The van der Waals surface area contributed by atoms with Gasteiger partial charge in [0.15, 0.2) is 0 Å². The van der Waals surface area contributed by atoms with E-state index >= 15 is 0 Å². The first-order chi connectivity index (χ1) is 12.3. The van der Waals surface area contributed by atoms with Crippen molar-refractivity contribution in [2.24, 2.45) is 0 Å². The first kappa shape index (κ1) is 14.3. The van der Waals surface area contributed by atoms with E-state index in [0.29, 0.717) is 18.8 Å². The van der Waals surface area contributed by atoms with Gasteiger partial charge in [0.25, 0.3) is 5.91 Å². The highest BCUT2D eigenvalue weighted by Crippen LogP contribution is 2.37. The van der Waals surface area contributed by atoms with Crippen molar-refractivity contribution >= 4 is 27.5 Å². The molecule has 4 heterocycles. The lowest BCUT2D eigenvalue weighted by atomic mass is 9.99. The number of rotatable bonds is 2. The van der Waals surface area contributed by atoms with Gasteiger partial charge in [-0.3, -0.25) is 9.48 Å². The largest absolute Gasteiger partial charge is 0.349 e. The van der Waals surface area contributed by atoms with Crippen LogP contribution in [0.25, 0.3) is 32.7 Å². The highest BCUT2D eigenvalue weighted by atomic mass is 32.1. The predicted molar refractivity (Wildman–Crippen MR) is 96.4 cm³/mol. The third kappa shape index (κ3) is 2.16. The summed E-state index contributed by atoms with van der Waals surface area (Å²) in [6.45, 7) is 1.23. The number of fused-ring (bicyclic) bond motifs is 2. The second-order valence-corrected chi connectivity index (χ2v) is 6.67. The van der Waals surface area contributed by atoms with E-state index in [4.69, 9.17) is 5.10 Å². The molecule has 1 amide bonds. The number of hydrogen-bond donors (Lipinski definition) is 1. The highest BCUT2D eigenvalue weighted by molar-refractivity contribution is 7.16. The van der Waals surface area contributed by atoms with Crippen LogP contribution < -0.4 is 5.32 Å². The van der Waals surface area contributed by atoms with E-state index < -0.39 is 0 Å². The van der Waals surface area contributed by atoms with Crippen LogP contribution in [0.4, 0.5) is 0 Å². The van der Waals surface area contributed by atoms with Gasteiger partial charge in [0.1, 0.15) is 28.2 Å². The quantitative estimate of drug-likeness (QED) is 0.605. The van der Waals surface area contributed by atoms with Crippen molar-refractivity contribution in [1.29, 1.82) is 0 Å². The second kappa shape index (κ2) is 5.49. The van der Waals surface area contributed by atoms with Crippen LogP contribution >= 0.6 is 11.3 Å². The van der Waals surface area contributed by atoms with E-state index in [1.54, 1.807) is 22.3 Å². The standard InChI is InChI=1S/C18H13N5OS/c24-17-16-13(11-4-2-1-3-5-11)15(22-23(16)8-7-19-17)14-12-6-9-25-18(12)21-10-20-14/h1-6,9-10H,7-8H2,(H,19,24). The number of carbonyl (C=O) groups excluding carboxylic acids is 1. The van der Waals surface area contributed by atoms with E-state index in [1.807, 2.05) is 41.8 Å². The van der Waals surface area contributed by atoms with Gasteiger partial charge in [0.05, 0.1) is 6.54 Å². The van der Waals surface area contributed by atoms with Crippen molar-refractivity contribution in [2.45, 2.75) is 6.54 Å². The fourth-order valence-corrected chi connectivity index (χ4v) is 3.97. The monoisotopic (exact) mass is 347 g/mol. The van der Waals surface area contributed by atoms with Crippen molar-refractivity contribution in [3.8, 4) is 22.5 Å². The zero-order valence-electron chi connectivity index (χ0n) is 13.1. The maximum Gasteiger partial charge on any atom is 0.270 e. The van der Waals surface area contributed by atoms with Gasteiger partial charge in [-0.25, -0.2) is 9.97 Å². The molecule has 1 aliphatic heterocycles. The Balaban J connectivity index is 1.86. The van der Waals surface area contributed by atoms with E-state index in [0.717, 1.165) is 32.7 Å². The Hall–Kier alpha value is -3.06. The van der Waals surface area contributed by atoms with E-state index in [-0.39, 0.29) is 5.91 Å². The molecule has 6 nitrogen and oxygen atoms in total. The van der Waals surface area contributed by atoms with Gasteiger partial charge in [0.2, 0.25) is 0 Å². The van der Waals surface area contributed by atoms with Gasteiger partial charge < -0.3 is 5.32 Å². The summed E-state index contributed by atoms with van der Waals surface area (Å²) in [6, 6.07) is 11.9. The number of hydrogen-bond acceptors (Lipinski definition) is 5. The van der Waals surface area contributed by atoms with Crippen LogP contribution in [0.1, 0.15) is 10.5 Å². The van der Waals surface area contributed by atoms with E-state index in [2.05, 4.69) is 15.3 Å². The molecule has 4 aromatic rings. The first-order valence-corrected chi connectivity index (χ1v) is 8.84. The molecule has 1 N–H and O–H groups in total. The van der Waals surface area contributed by atoms with Crippen LogP contribution in [-0.2, 0) is 6.54 Å². The van der Waals surface area contributed by atoms with Crippen molar-refractivity contribution in [3.63, 3.8) is 0 Å². The Bertz CT molecular complexity index is 1100. The molecule has 1 aromatic carbocycles. The van der Waals surface area contributed by atoms with Crippen molar-refractivity contribution in [1.82, 2.24) is 25.1 Å². The zero-order chi connectivity index (χ0) is 16.8. The molecule has 0 fully saturated rings. The highest BCUT2D eigenvalue weighted by Gasteiger charge is 2.29. The van der Waals surface area contributed by atoms with Crippen LogP contribution in [0.15, 0.2) is 48.1 Å². The number of thiophene rings is 1. The molecule has 122 valence electrons. The first-order valence-electron chi connectivity index (χ1n) is 7.96. The molecule has 0 saturated heterocycles. The van der Waals surface area contributed by atoms with Crippen LogP contribution in [0.2, 0.25) is 0 Å². The topological polar surface area (TPSA) is 72.7 Å². The molecule has 0 radical (unpaired) electrons. The number of nitrogens with zero attached hydrogens (tertiary/aromatic N) is 4. The summed E-state index contributed by atoms with van der Waals surface area (Å²) in [4.78, 5) is 22.3. The summed E-state index contributed by atoms with van der Waals surface area (Å²) in [5.41, 5.74) is 3.86. The number of amides is 1. The lowest BCUT2D eigenvalue weighted by Crippen LogP contribution is -2.35. The van der Waals surface area contributed by atoms with Gasteiger partial charge in [-0.1, -0.05) is 30.3 Å². The van der Waals surface area contributed by atoms with Gasteiger partial charge in [-0.2, -0.15) is 5.10 Å². The van der Waals surface area contributed by atoms with Gasteiger partial charge in [-0.05, 0) is 17.0 Å². The minimum absolute atomic E-state index is 0.0977. The maximum atomic E-state index is 12.5. The molecule has 1 aliphatic rings. The minimum atomic E-state index is -0.0977. The summed E-state index contributed by atoms with van der Waals surface area (Å²) in [6.07, 6.45) is 1.56. The lowest BCUT2D eigenvalue weighted by molar-refractivity contribution is 0.0925. The maximum absolute atomic E-state index is 12.5. The fraction of sp³-hybridized carbons (Fsp3) is 0.111. The molecule has 0 bridgehead atoms. The average molecular weight is 347 g/mol. The molecular formula is C18H13N5OS. The second-order valence-electron chi connectivity index (χ2n) is 5.78. The molecule has 0 aliphatic carbocycles. The summed E-state index contributed by atoms with van der Waals surface area (Å²) >= 11 is 1.57. The smallest absolute Gasteiger partial charge is 0.270 e. The molecular weight excluding hydrogens is 334 g/mol. The Labute approximate surface area is 147 Å². The predicted octanol–water partition coefficient (Wildman–Crippen LogP) is 2.97. The van der Waals surface area contributed by atoms with Crippen molar-refractivity contribution in [2.75, 3.05) is 6.54 Å². The zero-order valence-corrected chi connectivity index (χ0v) is 14.0. The lowest BCUT2D eigenvalue weighted by Gasteiger charge is -2.15. The molecule has 5 rings (SSSR count). The number of aromatic nitrogens is 4. The Kier molecular flexibility index (Phi) is 3.14. The Morgan fingerprint density at radius 1 is 1.08 bits per heavy atom. The third-order valence-electron chi connectivity index (χ3n) is 4.33. The van der Waals surface area contributed by atoms with Crippen molar-refractivity contribution < 1.29 is 4.79 Å². The normalized spacial score (nSPS) is 13.7. The van der Waals surface area contributed by atoms with Crippen molar-refractivity contribution in [3.05, 3.63) is 53.8 Å². The summed E-state index contributed by atoms with van der Waals surface area (Å²) in [7, 11) is 0. The molecule has 0 spiro atoms. The third-order valence-corrected chi connectivity index (χ3v) is 5.15. The molecule has 3 aromatic heterocycles. The van der Waals surface area contributed by atoms with Crippen LogP contribution in [0.5, 0.6) is 0 Å². The molecule has 0 saturated carbocycles. The number of benzene rings is 1. The van der Waals surface area contributed by atoms with Crippen LogP contribution in [0, 0.1) is 0 Å². The number of nitrogens with one attached hydrogen (secondary N) is 1. The molecule has 0 atom stereocenters. The van der Waals surface area contributed by atoms with Gasteiger partial charge in [0, 0.05) is 17.5 Å². The molecule has 7 heteroatoms. The number of carbonyl (C=O) groups is 1. The van der Waals surface area contributed by atoms with Crippen LogP contribution in [0.3, 0.4) is 0 Å². The summed E-state index contributed by atoms with van der Waals surface area (Å²) < 4.78 is 1.79. The molecule has 25 heavy (non-hydrogen) atoms. The average Bonchev–Trinajstić information content (AvgIpc) is 3.27. The van der Waals surface area contributed by atoms with Crippen LogP contribution in [-0.4, -0.2) is 32.2 Å². The summed E-state index contributed by atoms with van der Waals surface area (Å²) in [5, 5.41) is 10.6. The van der Waals surface area contributed by atoms with E-state index in [9.17, 15) is 4.79 Å². The SMILES string of the molecule is O=C1NCCn2nc(-c3ncnc4sccc34)c(-c3ccccc3)c21. The minimum Gasteiger partial charge on any atom is -0.349 e. The summed E-state index contributed by atoms with van der Waals surface area (Å²) in [5.74, 6) is -0.0977. The van der Waals surface area contributed by atoms with E-state index in [1.165, 1.54) is 0 Å². The fourth-order valence-electron chi connectivity index (χ4n) is 3.24. The van der Waals surface area contributed by atoms with Gasteiger partial charge in [-0.15, -0.1) is 11.3 Å². The Morgan fingerprint density at radius 3 is 2.84 bits per heavy atom.